The topological polar surface area (TPSA) is 125 Å². The normalized spacial score (nSPS) is 13.5. The van der Waals surface area contributed by atoms with E-state index in [4.69, 9.17) is 9.47 Å². The van der Waals surface area contributed by atoms with Gasteiger partial charge in [0.1, 0.15) is 17.1 Å². The first-order valence-corrected chi connectivity index (χ1v) is 14.5. The molecule has 4 amide bonds. The van der Waals surface area contributed by atoms with Crippen LogP contribution in [0.15, 0.2) is 66.9 Å². The van der Waals surface area contributed by atoms with Crippen LogP contribution in [-0.4, -0.2) is 77.8 Å². The van der Waals surface area contributed by atoms with Crippen LogP contribution in [0, 0.1) is 5.82 Å². The number of nitrogens with one attached hydrogen (secondary N) is 3. The van der Waals surface area contributed by atoms with Gasteiger partial charge in [0.15, 0.2) is 0 Å². The van der Waals surface area contributed by atoms with Gasteiger partial charge in [0.25, 0.3) is 5.91 Å². The average molecular weight is 607 g/mol. The highest BCUT2D eigenvalue weighted by molar-refractivity contribution is 6.05. The van der Waals surface area contributed by atoms with Gasteiger partial charge in [-0.15, -0.1) is 0 Å². The van der Waals surface area contributed by atoms with E-state index in [9.17, 15) is 18.8 Å². The second-order valence-corrected chi connectivity index (χ2v) is 11.3. The van der Waals surface area contributed by atoms with Gasteiger partial charge in [0.05, 0.1) is 30.3 Å². The van der Waals surface area contributed by atoms with Gasteiger partial charge in [-0.3, -0.25) is 20.0 Å². The molecule has 3 N–H and O–H groups in total. The first kappa shape index (κ1) is 32.4. The Morgan fingerprint density at radius 1 is 0.932 bits per heavy atom. The number of pyridine rings is 1. The minimum atomic E-state index is -0.676. The lowest BCUT2D eigenvalue weighted by molar-refractivity contribution is 0.0365. The lowest BCUT2D eigenvalue weighted by Crippen LogP contribution is -2.40. The Bertz CT molecular complexity index is 1420. The minimum Gasteiger partial charge on any atom is -0.444 e. The number of carbonyl (C=O) groups is 3. The number of para-hydroxylation sites is 3. The first-order valence-electron chi connectivity index (χ1n) is 14.5. The fourth-order valence-corrected chi connectivity index (χ4v) is 4.49. The predicted molar refractivity (Wildman–Crippen MR) is 166 cm³/mol. The van der Waals surface area contributed by atoms with Crippen molar-refractivity contribution in [1.29, 1.82) is 0 Å². The third kappa shape index (κ3) is 10.0. The summed E-state index contributed by atoms with van der Waals surface area (Å²) in [5.41, 5.74) is 1.03. The molecule has 2 heterocycles. The molecule has 12 heteroatoms. The van der Waals surface area contributed by atoms with Gasteiger partial charge in [-0.2, -0.15) is 0 Å². The lowest BCUT2D eigenvalue weighted by Gasteiger charge is -2.28. The zero-order chi connectivity index (χ0) is 31.5. The van der Waals surface area contributed by atoms with Crippen molar-refractivity contribution < 1.29 is 28.2 Å². The number of ether oxygens (including phenoxy) is 2. The lowest BCUT2D eigenvalue weighted by atomic mass is 10.2. The molecule has 2 aromatic carbocycles. The summed E-state index contributed by atoms with van der Waals surface area (Å²) in [4.78, 5) is 46.7. The van der Waals surface area contributed by atoms with E-state index in [0.717, 1.165) is 26.1 Å². The highest BCUT2D eigenvalue weighted by Gasteiger charge is 2.20. The molecule has 0 atom stereocenters. The van der Waals surface area contributed by atoms with E-state index < -0.39 is 29.4 Å². The van der Waals surface area contributed by atoms with E-state index in [-0.39, 0.29) is 17.9 Å². The summed E-state index contributed by atoms with van der Waals surface area (Å²) in [5, 5.41) is 8.08. The molecule has 0 bridgehead atoms. The number of amides is 4. The summed E-state index contributed by atoms with van der Waals surface area (Å²) in [6.45, 7) is 9.79. The average Bonchev–Trinajstić information content (AvgIpc) is 2.98. The van der Waals surface area contributed by atoms with Crippen LogP contribution in [0.2, 0.25) is 0 Å². The summed E-state index contributed by atoms with van der Waals surface area (Å²) in [7, 11) is 0. The molecule has 4 rings (SSSR count). The maximum Gasteiger partial charge on any atom is 0.412 e. The molecule has 0 saturated carbocycles. The Morgan fingerprint density at radius 3 is 2.23 bits per heavy atom. The molecule has 0 radical (unpaired) electrons. The van der Waals surface area contributed by atoms with Crippen LogP contribution in [0.1, 0.15) is 43.2 Å². The number of anilines is 3. The van der Waals surface area contributed by atoms with E-state index in [1.807, 2.05) is 0 Å². The zero-order valence-electron chi connectivity index (χ0n) is 25.3. The highest BCUT2D eigenvalue weighted by atomic mass is 19.1. The van der Waals surface area contributed by atoms with Crippen LogP contribution < -0.4 is 16.0 Å². The Balaban J connectivity index is 1.40. The molecule has 1 aliphatic rings. The molecule has 0 aliphatic carbocycles. The monoisotopic (exact) mass is 606 g/mol. The first-order chi connectivity index (χ1) is 21.1. The van der Waals surface area contributed by atoms with Gasteiger partial charge in [0.2, 0.25) is 0 Å². The quantitative estimate of drug-likeness (QED) is 0.275. The second kappa shape index (κ2) is 15.3. The summed E-state index contributed by atoms with van der Waals surface area (Å²) in [5.74, 6) is -0.997. The van der Waals surface area contributed by atoms with Crippen molar-refractivity contribution in [3.63, 3.8) is 0 Å². The van der Waals surface area contributed by atoms with E-state index in [1.54, 1.807) is 74.2 Å². The predicted octanol–water partition coefficient (Wildman–Crippen LogP) is 5.58. The van der Waals surface area contributed by atoms with E-state index in [2.05, 4.69) is 25.8 Å². The molecular formula is C32H39FN6O5. The number of carbonyl (C=O) groups excluding carboxylic acids is 3. The SMILES string of the molecule is CC(C)(C)OC(=O)Nc1ccccc1NC(=O)c1ccc(CN(CCCN2CCOCC2)C(=O)Nc2ccccc2F)cn1. The standard InChI is InChI=1S/C32H39FN6O5/c1-32(2,3)44-31(42)37-27-12-7-6-11-26(27)35-29(40)28-14-13-23(21-34-28)22-39(16-8-15-38-17-19-43-20-18-38)30(41)36-25-10-5-4-9-24(25)33/h4-7,9-14,21H,8,15-20,22H2,1-3H3,(H,35,40)(H,36,41)(H,37,42). The Morgan fingerprint density at radius 2 is 1.59 bits per heavy atom. The minimum absolute atomic E-state index is 0.0993. The Kier molecular flexibility index (Phi) is 11.2. The van der Waals surface area contributed by atoms with Crippen molar-refractivity contribution in [2.24, 2.45) is 0 Å². The molecule has 1 saturated heterocycles. The van der Waals surface area contributed by atoms with Crippen molar-refractivity contribution in [3.8, 4) is 0 Å². The fraction of sp³-hybridized carbons (Fsp3) is 0.375. The summed E-state index contributed by atoms with van der Waals surface area (Å²) in [6.07, 6.45) is 1.61. The molecule has 11 nitrogen and oxygen atoms in total. The summed E-state index contributed by atoms with van der Waals surface area (Å²) < 4.78 is 25.0. The number of rotatable bonds is 10. The number of urea groups is 1. The maximum atomic E-state index is 14.2. The number of hydrogen-bond acceptors (Lipinski definition) is 7. The highest BCUT2D eigenvalue weighted by Crippen LogP contribution is 2.23. The van der Waals surface area contributed by atoms with Gasteiger partial charge in [-0.1, -0.05) is 30.3 Å². The summed E-state index contributed by atoms with van der Waals surface area (Å²) in [6, 6.07) is 15.6. The van der Waals surface area contributed by atoms with E-state index >= 15 is 0 Å². The van der Waals surface area contributed by atoms with Gasteiger partial charge >= 0.3 is 12.1 Å². The van der Waals surface area contributed by atoms with Crippen LogP contribution in [0.4, 0.5) is 31.0 Å². The van der Waals surface area contributed by atoms with Gasteiger partial charge < -0.3 is 25.0 Å². The maximum absolute atomic E-state index is 14.2. The van der Waals surface area contributed by atoms with Crippen LogP contribution >= 0.6 is 0 Å². The van der Waals surface area contributed by atoms with E-state index in [1.165, 1.54) is 18.3 Å². The van der Waals surface area contributed by atoms with Crippen molar-refractivity contribution in [3.05, 3.63) is 83.9 Å². The Hall–Kier alpha value is -4.55. The van der Waals surface area contributed by atoms with Gasteiger partial charge in [0, 0.05) is 38.9 Å². The second-order valence-electron chi connectivity index (χ2n) is 11.3. The molecule has 1 aromatic heterocycles. The Labute approximate surface area is 256 Å². The molecule has 0 spiro atoms. The van der Waals surface area contributed by atoms with Crippen LogP contribution in [0.25, 0.3) is 0 Å². The third-order valence-corrected chi connectivity index (χ3v) is 6.65. The zero-order valence-corrected chi connectivity index (χ0v) is 25.3. The third-order valence-electron chi connectivity index (χ3n) is 6.65. The molecular weight excluding hydrogens is 567 g/mol. The number of nitrogens with zero attached hydrogens (tertiary/aromatic N) is 3. The van der Waals surface area contributed by atoms with Crippen LogP contribution in [0.3, 0.4) is 0 Å². The number of aromatic nitrogens is 1. The number of halogens is 1. The molecule has 3 aromatic rings. The van der Waals surface area contributed by atoms with Crippen molar-refractivity contribution in [2.45, 2.75) is 39.3 Å². The van der Waals surface area contributed by atoms with Crippen molar-refractivity contribution in [1.82, 2.24) is 14.8 Å². The molecule has 44 heavy (non-hydrogen) atoms. The largest absolute Gasteiger partial charge is 0.444 e. The van der Waals surface area contributed by atoms with Crippen molar-refractivity contribution >= 4 is 35.1 Å². The fourth-order valence-electron chi connectivity index (χ4n) is 4.49. The number of benzene rings is 2. The van der Waals surface area contributed by atoms with Crippen LogP contribution in [-0.2, 0) is 16.0 Å². The number of morpholine rings is 1. The molecule has 234 valence electrons. The van der Waals surface area contributed by atoms with Crippen molar-refractivity contribution in [2.75, 3.05) is 55.3 Å². The molecule has 1 aliphatic heterocycles. The van der Waals surface area contributed by atoms with Crippen LogP contribution in [0.5, 0.6) is 0 Å². The smallest absolute Gasteiger partial charge is 0.412 e. The molecule has 0 unspecified atom stereocenters. The van der Waals surface area contributed by atoms with Gasteiger partial charge in [-0.25, -0.2) is 14.0 Å². The molecule has 1 fully saturated rings. The number of hydrogen-bond donors (Lipinski definition) is 3. The van der Waals surface area contributed by atoms with Gasteiger partial charge in [-0.05, 0) is 63.1 Å². The van der Waals surface area contributed by atoms with E-state index in [0.29, 0.717) is 36.7 Å². The summed E-state index contributed by atoms with van der Waals surface area (Å²) >= 11 is 0.